The summed E-state index contributed by atoms with van der Waals surface area (Å²) in [6, 6.07) is 18.2. The highest BCUT2D eigenvalue weighted by Crippen LogP contribution is 2.16. The molecule has 0 fully saturated rings. The summed E-state index contributed by atoms with van der Waals surface area (Å²) in [5.74, 6) is 1.66. The minimum atomic E-state index is 0. The standard InChI is InChI=1S/C23H29N5O.HI/c1-18-20(17-28(27-18)21-12-5-4-6-13-21)11-9-15-25-23(24-2)26-16-19-10-7-8-14-22(19)29-3;/h4-8,10,12-14,17H,9,11,15-16H2,1-3H3,(H2,24,25,26);1H. The second kappa shape index (κ2) is 12.2. The fraction of sp³-hybridized carbons (Fsp3) is 0.304. The van der Waals surface area contributed by atoms with E-state index < -0.39 is 0 Å². The summed E-state index contributed by atoms with van der Waals surface area (Å²) < 4.78 is 7.35. The van der Waals surface area contributed by atoms with Crippen molar-refractivity contribution in [2.75, 3.05) is 20.7 Å². The minimum Gasteiger partial charge on any atom is -0.496 e. The van der Waals surface area contributed by atoms with Crippen molar-refractivity contribution in [1.29, 1.82) is 0 Å². The van der Waals surface area contributed by atoms with Crippen LogP contribution in [0.4, 0.5) is 0 Å². The second-order valence-electron chi connectivity index (χ2n) is 6.79. The Morgan fingerprint density at radius 1 is 1.03 bits per heavy atom. The van der Waals surface area contributed by atoms with Gasteiger partial charge in [-0.25, -0.2) is 4.68 Å². The average molecular weight is 519 g/mol. The maximum Gasteiger partial charge on any atom is 0.191 e. The van der Waals surface area contributed by atoms with E-state index in [4.69, 9.17) is 4.74 Å². The van der Waals surface area contributed by atoms with E-state index in [0.717, 1.165) is 48.0 Å². The van der Waals surface area contributed by atoms with Gasteiger partial charge >= 0.3 is 0 Å². The highest BCUT2D eigenvalue weighted by Gasteiger charge is 2.07. The highest BCUT2D eigenvalue weighted by molar-refractivity contribution is 14.0. The van der Waals surface area contributed by atoms with Gasteiger partial charge in [-0.15, -0.1) is 24.0 Å². The molecule has 0 bridgehead atoms. The Balaban J connectivity index is 0.00000320. The summed E-state index contributed by atoms with van der Waals surface area (Å²) >= 11 is 0. The molecule has 3 rings (SSSR count). The van der Waals surface area contributed by atoms with Gasteiger partial charge in [-0.2, -0.15) is 5.10 Å². The van der Waals surface area contributed by atoms with E-state index in [9.17, 15) is 0 Å². The number of aromatic nitrogens is 2. The van der Waals surface area contributed by atoms with Gasteiger partial charge < -0.3 is 15.4 Å². The molecule has 1 heterocycles. The smallest absolute Gasteiger partial charge is 0.191 e. The van der Waals surface area contributed by atoms with Crippen molar-refractivity contribution in [1.82, 2.24) is 20.4 Å². The molecule has 0 unspecified atom stereocenters. The van der Waals surface area contributed by atoms with Gasteiger partial charge in [-0.1, -0.05) is 36.4 Å². The minimum absolute atomic E-state index is 0. The number of guanidine groups is 1. The molecule has 6 nitrogen and oxygen atoms in total. The summed E-state index contributed by atoms with van der Waals surface area (Å²) in [4.78, 5) is 4.30. The molecule has 7 heteroatoms. The third-order valence-corrected chi connectivity index (χ3v) is 4.80. The lowest BCUT2D eigenvalue weighted by Gasteiger charge is -2.13. The molecule has 0 atom stereocenters. The first-order chi connectivity index (χ1) is 14.2. The molecule has 2 aromatic carbocycles. The first-order valence-corrected chi connectivity index (χ1v) is 9.88. The molecule has 3 aromatic rings. The SMILES string of the molecule is CN=C(NCCCc1cn(-c2ccccc2)nc1C)NCc1ccccc1OC.I. The fourth-order valence-corrected chi connectivity index (χ4v) is 3.19. The van der Waals surface area contributed by atoms with Crippen molar-refractivity contribution in [3.8, 4) is 11.4 Å². The summed E-state index contributed by atoms with van der Waals surface area (Å²) in [6.45, 7) is 3.56. The molecule has 2 N–H and O–H groups in total. The van der Waals surface area contributed by atoms with E-state index >= 15 is 0 Å². The first kappa shape index (κ1) is 23.7. The van der Waals surface area contributed by atoms with Crippen LogP contribution >= 0.6 is 24.0 Å². The Kier molecular flexibility index (Phi) is 9.66. The van der Waals surface area contributed by atoms with E-state index in [0.29, 0.717) is 6.54 Å². The molecule has 0 radical (unpaired) electrons. The number of aliphatic imine (C=N–C) groups is 1. The highest BCUT2D eigenvalue weighted by atomic mass is 127. The zero-order chi connectivity index (χ0) is 20.5. The maximum absolute atomic E-state index is 5.40. The first-order valence-electron chi connectivity index (χ1n) is 9.88. The van der Waals surface area contributed by atoms with Crippen molar-refractivity contribution < 1.29 is 4.74 Å². The van der Waals surface area contributed by atoms with Crippen LogP contribution in [0.2, 0.25) is 0 Å². The van der Waals surface area contributed by atoms with Crippen molar-refractivity contribution in [2.45, 2.75) is 26.3 Å². The quantitative estimate of drug-likeness (QED) is 0.204. The number of hydrogen-bond acceptors (Lipinski definition) is 3. The molecule has 0 saturated carbocycles. The predicted molar refractivity (Wildman–Crippen MR) is 133 cm³/mol. The number of rotatable bonds is 8. The van der Waals surface area contributed by atoms with Gasteiger partial charge in [0.05, 0.1) is 18.5 Å². The van der Waals surface area contributed by atoms with Crippen molar-refractivity contribution >= 4 is 29.9 Å². The Bertz CT molecular complexity index is 940. The van der Waals surface area contributed by atoms with Crippen LogP contribution in [0.25, 0.3) is 5.69 Å². The van der Waals surface area contributed by atoms with Crippen LogP contribution in [-0.4, -0.2) is 36.4 Å². The molecule has 0 aliphatic carbocycles. The topological polar surface area (TPSA) is 63.5 Å². The summed E-state index contributed by atoms with van der Waals surface area (Å²) in [7, 11) is 3.47. The van der Waals surface area contributed by atoms with Crippen LogP contribution in [-0.2, 0) is 13.0 Å². The lowest BCUT2D eigenvalue weighted by atomic mass is 10.1. The molecule has 1 aromatic heterocycles. The van der Waals surface area contributed by atoms with Crippen LogP contribution in [0.1, 0.15) is 23.2 Å². The second-order valence-corrected chi connectivity index (χ2v) is 6.79. The van der Waals surface area contributed by atoms with E-state index in [1.165, 1.54) is 5.56 Å². The zero-order valence-corrected chi connectivity index (χ0v) is 20.1. The van der Waals surface area contributed by atoms with Crippen LogP contribution < -0.4 is 15.4 Å². The van der Waals surface area contributed by atoms with Gasteiger partial charge in [-0.3, -0.25) is 4.99 Å². The summed E-state index contributed by atoms with van der Waals surface area (Å²) in [5.41, 5.74) is 4.53. The molecule has 160 valence electrons. The molecule has 0 aliphatic rings. The number of halogens is 1. The number of aryl methyl sites for hydroxylation is 2. The van der Waals surface area contributed by atoms with Crippen molar-refractivity contribution in [3.05, 3.63) is 77.6 Å². The van der Waals surface area contributed by atoms with Crippen LogP contribution in [0.15, 0.2) is 65.8 Å². The Morgan fingerprint density at radius 2 is 1.77 bits per heavy atom. The number of methoxy groups -OCH3 is 1. The predicted octanol–water partition coefficient (Wildman–Crippen LogP) is 4.11. The Hall–Kier alpha value is -2.55. The Morgan fingerprint density at radius 3 is 2.50 bits per heavy atom. The normalized spacial score (nSPS) is 11.0. The van der Waals surface area contributed by atoms with Gasteiger partial charge in [0.1, 0.15) is 5.75 Å². The van der Waals surface area contributed by atoms with Gasteiger partial charge in [0, 0.05) is 31.9 Å². The van der Waals surface area contributed by atoms with E-state index in [2.05, 4.69) is 46.0 Å². The third-order valence-electron chi connectivity index (χ3n) is 4.80. The number of para-hydroxylation sites is 2. The average Bonchev–Trinajstić information content (AvgIpc) is 3.14. The van der Waals surface area contributed by atoms with Crippen LogP contribution in [0.3, 0.4) is 0 Å². The van der Waals surface area contributed by atoms with Crippen molar-refractivity contribution in [3.63, 3.8) is 0 Å². The van der Waals surface area contributed by atoms with E-state index in [1.54, 1.807) is 14.2 Å². The molecule has 0 saturated heterocycles. The number of ether oxygens (including phenoxy) is 1. The third kappa shape index (κ3) is 6.48. The van der Waals surface area contributed by atoms with Gasteiger partial charge in [0.15, 0.2) is 5.96 Å². The summed E-state index contributed by atoms with van der Waals surface area (Å²) in [6.07, 6.45) is 4.09. The number of hydrogen-bond donors (Lipinski definition) is 2. The molecule has 0 spiro atoms. The van der Waals surface area contributed by atoms with Gasteiger partial charge in [0.2, 0.25) is 0 Å². The molecule has 30 heavy (non-hydrogen) atoms. The van der Waals surface area contributed by atoms with E-state index in [-0.39, 0.29) is 24.0 Å². The van der Waals surface area contributed by atoms with Crippen LogP contribution in [0.5, 0.6) is 5.75 Å². The summed E-state index contributed by atoms with van der Waals surface area (Å²) in [5, 5.41) is 11.4. The number of nitrogens with one attached hydrogen (secondary N) is 2. The monoisotopic (exact) mass is 519 g/mol. The molecule has 0 aliphatic heterocycles. The van der Waals surface area contributed by atoms with Crippen LogP contribution in [0, 0.1) is 6.92 Å². The molecular formula is C23H30IN5O. The Labute approximate surface area is 195 Å². The zero-order valence-electron chi connectivity index (χ0n) is 17.8. The molecular weight excluding hydrogens is 489 g/mol. The number of benzene rings is 2. The maximum atomic E-state index is 5.40. The van der Waals surface area contributed by atoms with E-state index in [1.807, 2.05) is 47.1 Å². The lowest BCUT2D eigenvalue weighted by molar-refractivity contribution is 0.409. The lowest BCUT2D eigenvalue weighted by Crippen LogP contribution is -2.37. The number of nitrogens with zero attached hydrogens (tertiary/aromatic N) is 3. The van der Waals surface area contributed by atoms with Crippen molar-refractivity contribution in [2.24, 2.45) is 4.99 Å². The largest absolute Gasteiger partial charge is 0.496 e. The van der Waals surface area contributed by atoms with Gasteiger partial charge in [0.25, 0.3) is 0 Å². The fourth-order valence-electron chi connectivity index (χ4n) is 3.19. The molecule has 0 amide bonds. The van der Waals surface area contributed by atoms with Gasteiger partial charge in [-0.05, 0) is 43.5 Å².